The maximum absolute atomic E-state index is 12.2. The van der Waals surface area contributed by atoms with Gasteiger partial charge in [0, 0.05) is 42.7 Å². The third kappa shape index (κ3) is 6.61. The molecule has 1 saturated heterocycles. The fourth-order valence-corrected chi connectivity index (χ4v) is 3.28. The number of anilines is 3. The van der Waals surface area contributed by atoms with Crippen molar-refractivity contribution in [1.29, 1.82) is 0 Å². The fourth-order valence-electron chi connectivity index (χ4n) is 3.28. The molecular formula is C22H23ClN6O5. The number of benzene rings is 2. The van der Waals surface area contributed by atoms with Gasteiger partial charge in [0.2, 0.25) is 0 Å². The average molecular weight is 487 g/mol. The second-order valence-electron chi connectivity index (χ2n) is 7.26. The van der Waals surface area contributed by atoms with Crippen molar-refractivity contribution in [1.82, 2.24) is 15.3 Å². The van der Waals surface area contributed by atoms with Crippen molar-refractivity contribution in [3.8, 4) is 5.75 Å². The molecule has 1 fully saturated rings. The zero-order valence-electron chi connectivity index (χ0n) is 18.2. The summed E-state index contributed by atoms with van der Waals surface area (Å²) in [5.74, 6) is 1.41. The number of hydrogen-bond acceptors (Lipinski definition) is 9. The number of rotatable bonds is 6. The number of ether oxygens (including phenoxy) is 2. The summed E-state index contributed by atoms with van der Waals surface area (Å²) in [6.45, 7) is 3.95. The quantitative estimate of drug-likeness (QED) is 0.346. The van der Waals surface area contributed by atoms with E-state index < -0.39 is 11.0 Å². The topological polar surface area (TPSA) is 141 Å². The Morgan fingerprint density at radius 1 is 1.18 bits per heavy atom. The molecule has 2 aromatic carbocycles. The first-order valence-electron chi connectivity index (χ1n) is 10.2. The minimum Gasteiger partial charge on any atom is -0.410 e. The number of nitro groups is 1. The average Bonchev–Trinajstić information content (AvgIpc) is 2.80. The number of halogens is 1. The molecule has 1 aliphatic rings. The van der Waals surface area contributed by atoms with E-state index in [2.05, 4.69) is 25.9 Å². The second-order valence-corrected chi connectivity index (χ2v) is 7.26. The molecule has 0 spiro atoms. The zero-order chi connectivity index (χ0) is 23.2. The molecule has 34 heavy (non-hydrogen) atoms. The van der Waals surface area contributed by atoms with Gasteiger partial charge in [-0.2, -0.15) is 0 Å². The number of non-ortho nitro benzene ring substituents is 1. The van der Waals surface area contributed by atoms with E-state index in [0.29, 0.717) is 36.2 Å². The number of nitrogens with zero attached hydrogens (tertiary/aromatic N) is 3. The Kier molecular flexibility index (Phi) is 8.30. The number of carbonyl (C=O) groups excluding carboxylic acids is 1. The first-order chi connectivity index (χ1) is 16.0. The summed E-state index contributed by atoms with van der Waals surface area (Å²) in [4.78, 5) is 31.3. The number of carbonyl (C=O) groups is 1. The van der Waals surface area contributed by atoms with Crippen molar-refractivity contribution in [2.24, 2.45) is 0 Å². The predicted molar refractivity (Wildman–Crippen MR) is 128 cm³/mol. The van der Waals surface area contributed by atoms with Crippen molar-refractivity contribution in [2.45, 2.75) is 13.0 Å². The van der Waals surface area contributed by atoms with Crippen LogP contribution in [0.25, 0.3) is 0 Å². The van der Waals surface area contributed by atoms with E-state index in [4.69, 9.17) is 9.47 Å². The Hall–Kier alpha value is -3.80. The molecule has 0 bridgehead atoms. The highest BCUT2D eigenvalue weighted by atomic mass is 35.5. The molecule has 0 saturated carbocycles. The lowest BCUT2D eigenvalue weighted by Gasteiger charge is -2.23. The molecule has 1 unspecified atom stereocenters. The van der Waals surface area contributed by atoms with E-state index in [1.165, 1.54) is 24.3 Å². The van der Waals surface area contributed by atoms with Crippen LogP contribution in [-0.2, 0) is 4.74 Å². The van der Waals surface area contributed by atoms with Crippen LogP contribution in [0.4, 0.5) is 27.7 Å². The van der Waals surface area contributed by atoms with Crippen LogP contribution in [0, 0.1) is 17.0 Å². The molecule has 178 valence electrons. The number of aryl methyl sites for hydroxylation is 1. The van der Waals surface area contributed by atoms with Gasteiger partial charge in [0.05, 0.1) is 17.2 Å². The second kappa shape index (κ2) is 11.4. The molecule has 2 heterocycles. The van der Waals surface area contributed by atoms with Gasteiger partial charge in [-0.15, -0.1) is 12.4 Å². The van der Waals surface area contributed by atoms with Crippen LogP contribution < -0.4 is 20.7 Å². The van der Waals surface area contributed by atoms with Gasteiger partial charge in [0.1, 0.15) is 23.5 Å². The Labute approximate surface area is 201 Å². The first-order valence-corrected chi connectivity index (χ1v) is 10.2. The summed E-state index contributed by atoms with van der Waals surface area (Å²) in [6.07, 6.45) is -0.855. The van der Waals surface area contributed by atoms with Crippen LogP contribution in [0.1, 0.15) is 17.6 Å². The van der Waals surface area contributed by atoms with Gasteiger partial charge in [-0.1, -0.05) is 6.07 Å². The van der Waals surface area contributed by atoms with Crippen LogP contribution in [0.3, 0.4) is 0 Å². The molecule has 1 atom stereocenters. The van der Waals surface area contributed by atoms with Gasteiger partial charge in [0.15, 0.2) is 0 Å². The van der Waals surface area contributed by atoms with Gasteiger partial charge in [-0.25, -0.2) is 14.8 Å². The summed E-state index contributed by atoms with van der Waals surface area (Å²) in [5.41, 5.74) is 1.90. The minimum atomic E-state index is -0.719. The number of nitro benzene ring substituents is 1. The number of nitrogens with one attached hydrogen (secondary N) is 3. The van der Waals surface area contributed by atoms with Gasteiger partial charge >= 0.3 is 6.09 Å². The number of morpholine rings is 1. The Balaban J connectivity index is 0.00000324. The lowest BCUT2D eigenvalue weighted by molar-refractivity contribution is -0.384. The third-order valence-electron chi connectivity index (χ3n) is 4.75. The largest absolute Gasteiger partial charge is 0.417 e. The van der Waals surface area contributed by atoms with Gasteiger partial charge < -0.3 is 20.1 Å². The fraction of sp³-hybridized carbons (Fsp3) is 0.227. The molecule has 0 aliphatic carbocycles. The lowest BCUT2D eigenvalue weighted by atomic mass is 10.2. The van der Waals surface area contributed by atoms with Gasteiger partial charge in [-0.05, 0) is 37.3 Å². The van der Waals surface area contributed by atoms with E-state index in [-0.39, 0.29) is 29.9 Å². The Bertz CT molecular complexity index is 1150. The summed E-state index contributed by atoms with van der Waals surface area (Å²) < 4.78 is 11.0. The van der Waals surface area contributed by atoms with Gasteiger partial charge in [-0.3, -0.25) is 15.4 Å². The molecule has 3 N–H and O–H groups in total. The summed E-state index contributed by atoms with van der Waals surface area (Å²) >= 11 is 0. The van der Waals surface area contributed by atoms with Crippen molar-refractivity contribution >= 4 is 41.4 Å². The van der Waals surface area contributed by atoms with Gasteiger partial charge in [0.25, 0.3) is 5.69 Å². The van der Waals surface area contributed by atoms with E-state index in [1.807, 2.05) is 19.1 Å². The van der Waals surface area contributed by atoms with Crippen LogP contribution in [0.15, 0.2) is 54.6 Å². The van der Waals surface area contributed by atoms with Crippen LogP contribution in [0.2, 0.25) is 0 Å². The lowest BCUT2D eigenvalue weighted by Crippen LogP contribution is -2.33. The predicted octanol–water partition coefficient (Wildman–Crippen LogP) is 4.13. The van der Waals surface area contributed by atoms with E-state index in [0.717, 1.165) is 12.2 Å². The van der Waals surface area contributed by atoms with E-state index in [9.17, 15) is 14.9 Å². The summed E-state index contributed by atoms with van der Waals surface area (Å²) in [5, 5.41) is 19.9. The molecule has 1 amide bonds. The van der Waals surface area contributed by atoms with E-state index in [1.54, 1.807) is 18.2 Å². The Morgan fingerprint density at radius 2 is 1.94 bits per heavy atom. The molecule has 11 nitrogen and oxygen atoms in total. The molecule has 3 aromatic rings. The number of hydrogen-bond donors (Lipinski definition) is 3. The monoisotopic (exact) mass is 486 g/mol. The molecular weight excluding hydrogens is 464 g/mol. The standard InChI is InChI=1S/C22H22N6O5.ClH/c1-14-24-19(20-13-23-9-10-32-20)12-21(25-14)26-15-3-2-4-16(11-15)27-22(29)33-18-7-5-17(6-8-18)28(30)31;/h2-8,11-12,20,23H,9-10,13H2,1H3,(H,27,29)(H,24,25,26);1H. The number of amides is 1. The third-order valence-corrected chi connectivity index (χ3v) is 4.75. The highest BCUT2D eigenvalue weighted by Gasteiger charge is 2.18. The first kappa shape index (κ1) is 24.8. The van der Waals surface area contributed by atoms with Crippen molar-refractivity contribution < 1.29 is 19.2 Å². The summed E-state index contributed by atoms with van der Waals surface area (Å²) in [6, 6.07) is 14.1. The van der Waals surface area contributed by atoms with Crippen LogP contribution in [-0.4, -0.2) is 40.7 Å². The molecule has 12 heteroatoms. The highest BCUT2D eigenvalue weighted by Crippen LogP contribution is 2.24. The smallest absolute Gasteiger partial charge is 0.410 e. The van der Waals surface area contributed by atoms with Crippen molar-refractivity contribution in [2.75, 3.05) is 30.3 Å². The van der Waals surface area contributed by atoms with Crippen molar-refractivity contribution in [3.05, 3.63) is 76.2 Å². The zero-order valence-corrected chi connectivity index (χ0v) is 19.0. The Morgan fingerprint density at radius 3 is 2.65 bits per heavy atom. The molecule has 1 aromatic heterocycles. The van der Waals surface area contributed by atoms with Crippen LogP contribution >= 0.6 is 12.4 Å². The molecule has 0 radical (unpaired) electrons. The maximum Gasteiger partial charge on any atom is 0.417 e. The van der Waals surface area contributed by atoms with Crippen molar-refractivity contribution in [3.63, 3.8) is 0 Å². The minimum absolute atomic E-state index is 0. The maximum atomic E-state index is 12.2. The molecule has 4 rings (SSSR count). The van der Waals surface area contributed by atoms with Crippen LogP contribution in [0.5, 0.6) is 5.75 Å². The highest BCUT2D eigenvalue weighted by molar-refractivity contribution is 5.87. The van der Waals surface area contributed by atoms with E-state index >= 15 is 0 Å². The summed E-state index contributed by atoms with van der Waals surface area (Å²) in [7, 11) is 0. The number of aromatic nitrogens is 2. The molecule has 1 aliphatic heterocycles. The SMILES string of the molecule is Cc1nc(Nc2cccc(NC(=O)Oc3ccc([N+](=O)[O-])cc3)c2)cc(C2CNCCO2)n1.Cl. The normalized spacial score (nSPS) is 15.0.